The number of aromatic nitrogens is 1. The van der Waals surface area contributed by atoms with Crippen LogP contribution in [0.2, 0.25) is 0 Å². The van der Waals surface area contributed by atoms with E-state index in [1.54, 1.807) is 0 Å². The van der Waals surface area contributed by atoms with Gasteiger partial charge in [-0.25, -0.2) is 4.79 Å². The average molecular weight is 271 g/mol. The second-order valence-corrected chi connectivity index (χ2v) is 3.91. The molecule has 0 unspecified atom stereocenters. The van der Waals surface area contributed by atoms with Crippen molar-refractivity contribution in [2.75, 3.05) is 0 Å². The van der Waals surface area contributed by atoms with Crippen molar-refractivity contribution in [1.29, 1.82) is 0 Å². The van der Waals surface area contributed by atoms with E-state index in [9.17, 15) is 18.0 Å². The number of hydrogen-bond donors (Lipinski definition) is 1. The van der Waals surface area contributed by atoms with E-state index in [1.807, 2.05) is 0 Å². The van der Waals surface area contributed by atoms with Crippen LogP contribution in [0, 0.1) is 6.92 Å². The maximum atomic E-state index is 12.7. The van der Waals surface area contributed by atoms with Gasteiger partial charge in [0.1, 0.15) is 0 Å². The van der Waals surface area contributed by atoms with Crippen molar-refractivity contribution in [2.24, 2.45) is 0 Å². The molecular formula is C12H8F3NO3. The molecule has 2 rings (SSSR count). The van der Waals surface area contributed by atoms with Gasteiger partial charge in [0.25, 0.3) is 0 Å². The minimum absolute atomic E-state index is 0.0251. The third kappa shape index (κ3) is 2.59. The molecule has 0 aliphatic heterocycles. The van der Waals surface area contributed by atoms with Gasteiger partial charge in [0.15, 0.2) is 11.5 Å². The van der Waals surface area contributed by atoms with Crippen LogP contribution in [-0.4, -0.2) is 16.2 Å². The first kappa shape index (κ1) is 13.1. The zero-order valence-corrected chi connectivity index (χ0v) is 9.65. The number of carbonyl (C=O) groups is 1. The molecule has 2 aromatic rings. The summed E-state index contributed by atoms with van der Waals surface area (Å²) >= 11 is 0. The first-order valence-corrected chi connectivity index (χ1v) is 5.17. The fourth-order valence-corrected chi connectivity index (χ4v) is 1.59. The van der Waals surface area contributed by atoms with Gasteiger partial charge in [0.2, 0.25) is 0 Å². The van der Waals surface area contributed by atoms with Gasteiger partial charge in [-0.1, -0.05) is 17.3 Å². The van der Waals surface area contributed by atoms with Crippen molar-refractivity contribution in [3.8, 4) is 11.3 Å². The first-order valence-electron chi connectivity index (χ1n) is 5.17. The van der Waals surface area contributed by atoms with Crippen molar-refractivity contribution in [2.45, 2.75) is 13.1 Å². The third-order valence-corrected chi connectivity index (χ3v) is 2.56. The Kier molecular flexibility index (Phi) is 3.05. The number of carboxylic acid groups (broad SMARTS) is 1. The summed E-state index contributed by atoms with van der Waals surface area (Å²) in [5, 5.41) is 11.9. The van der Waals surface area contributed by atoms with Crippen molar-refractivity contribution >= 4 is 5.97 Å². The van der Waals surface area contributed by atoms with Gasteiger partial charge >= 0.3 is 12.1 Å². The number of aromatic carboxylic acids is 1. The maximum Gasteiger partial charge on any atom is 0.416 e. The minimum Gasteiger partial charge on any atom is -0.476 e. The van der Waals surface area contributed by atoms with E-state index in [2.05, 4.69) is 5.16 Å². The van der Waals surface area contributed by atoms with Crippen LogP contribution in [0.1, 0.15) is 21.6 Å². The largest absolute Gasteiger partial charge is 0.476 e. The molecule has 0 aliphatic rings. The van der Waals surface area contributed by atoms with E-state index in [1.165, 1.54) is 19.1 Å². The molecule has 7 heteroatoms. The molecule has 4 nitrogen and oxygen atoms in total. The second-order valence-electron chi connectivity index (χ2n) is 3.91. The molecule has 1 N–H and O–H groups in total. The number of hydrogen-bond acceptors (Lipinski definition) is 3. The highest BCUT2D eigenvalue weighted by Gasteiger charge is 2.32. The van der Waals surface area contributed by atoms with Crippen LogP contribution in [0.4, 0.5) is 13.2 Å². The lowest BCUT2D eigenvalue weighted by Gasteiger charge is -2.10. The van der Waals surface area contributed by atoms with Crippen molar-refractivity contribution in [1.82, 2.24) is 5.16 Å². The Morgan fingerprint density at radius 2 is 2.00 bits per heavy atom. The number of carboxylic acids is 1. The predicted molar refractivity (Wildman–Crippen MR) is 58.6 cm³/mol. The van der Waals surface area contributed by atoms with E-state index in [-0.39, 0.29) is 22.6 Å². The van der Waals surface area contributed by atoms with Gasteiger partial charge in [-0.3, -0.25) is 0 Å². The quantitative estimate of drug-likeness (QED) is 0.909. The lowest BCUT2D eigenvalue weighted by Crippen LogP contribution is -2.07. The molecule has 0 radical (unpaired) electrons. The molecule has 1 heterocycles. The van der Waals surface area contributed by atoms with E-state index in [0.717, 1.165) is 12.1 Å². The van der Waals surface area contributed by atoms with E-state index in [4.69, 9.17) is 9.63 Å². The Morgan fingerprint density at radius 3 is 2.53 bits per heavy atom. The maximum absolute atomic E-state index is 12.7. The summed E-state index contributed by atoms with van der Waals surface area (Å²) in [6.45, 7) is 1.34. The smallest absolute Gasteiger partial charge is 0.416 e. The van der Waals surface area contributed by atoms with Crippen LogP contribution in [0.3, 0.4) is 0 Å². The molecule has 0 saturated heterocycles. The van der Waals surface area contributed by atoms with Crippen LogP contribution in [0.5, 0.6) is 0 Å². The highest BCUT2D eigenvalue weighted by atomic mass is 19.4. The SMILES string of the molecule is Cc1ccc(-c2cc(C(=O)O)no2)cc1C(F)(F)F. The van der Waals surface area contributed by atoms with Crippen LogP contribution in [0.25, 0.3) is 11.3 Å². The standard InChI is InChI=1S/C12H8F3NO3/c1-6-2-3-7(4-8(6)12(13,14)15)10-5-9(11(17)18)16-19-10/h2-5H,1H3,(H,17,18). The fourth-order valence-electron chi connectivity index (χ4n) is 1.59. The second kappa shape index (κ2) is 4.42. The molecule has 0 spiro atoms. The molecule has 1 aromatic carbocycles. The zero-order valence-electron chi connectivity index (χ0n) is 9.65. The normalized spacial score (nSPS) is 11.6. The highest BCUT2D eigenvalue weighted by molar-refractivity contribution is 5.86. The Labute approximate surface area is 105 Å². The number of halogens is 3. The summed E-state index contributed by atoms with van der Waals surface area (Å²) in [6.07, 6.45) is -4.48. The fraction of sp³-hybridized carbons (Fsp3) is 0.167. The lowest BCUT2D eigenvalue weighted by atomic mass is 10.0. The summed E-state index contributed by atoms with van der Waals surface area (Å²) in [5.74, 6) is -1.33. The monoisotopic (exact) mass is 271 g/mol. The molecule has 1 aromatic heterocycles. The number of benzene rings is 1. The van der Waals surface area contributed by atoms with E-state index >= 15 is 0 Å². The summed E-state index contributed by atoms with van der Waals surface area (Å²) in [6, 6.07) is 4.69. The molecular weight excluding hydrogens is 263 g/mol. The number of rotatable bonds is 2. The minimum atomic E-state index is -4.48. The number of nitrogens with zero attached hydrogens (tertiary/aromatic N) is 1. The topological polar surface area (TPSA) is 63.3 Å². The molecule has 0 atom stereocenters. The molecule has 0 amide bonds. The zero-order chi connectivity index (χ0) is 14.2. The lowest BCUT2D eigenvalue weighted by molar-refractivity contribution is -0.138. The Hall–Kier alpha value is -2.31. The van der Waals surface area contributed by atoms with Crippen LogP contribution < -0.4 is 0 Å². The Bertz CT molecular complexity index is 631. The molecule has 0 saturated carbocycles. The highest BCUT2D eigenvalue weighted by Crippen LogP contribution is 2.34. The predicted octanol–water partition coefficient (Wildman–Crippen LogP) is 3.37. The van der Waals surface area contributed by atoms with Crippen molar-refractivity contribution in [3.63, 3.8) is 0 Å². The van der Waals surface area contributed by atoms with E-state index in [0.29, 0.717) is 0 Å². The third-order valence-electron chi connectivity index (χ3n) is 2.56. The van der Waals surface area contributed by atoms with Gasteiger partial charge in [-0.2, -0.15) is 13.2 Å². The summed E-state index contributed by atoms with van der Waals surface area (Å²) < 4.78 is 42.9. The number of aryl methyl sites for hydroxylation is 1. The summed E-state index contributed by atoms with van der Waals surface area (Å²) in [7, 11) is 0. The molecule has 0 aliphatic carbocycles. The van der Waals surface area contributed by atoms with Crippen LogP contribution in [0.15, 0.2) is 28.8 Å². The summed E-state index contributed by atoms with van der Waals surface area (Å²) in [4.78, 5) is 10.6. The first-order chi connectivity index (χ1) is 8.79. The van der Waals surface area contributed by atoms with E-state index < -0.39 is 17.7 Å². The van der Waals surface area contributed by atoms with Gasteiger partial charge in [-0.05, 0) is 18.6 Å². The average Bonchev–Trinajstić information content (AvgIpc) is 2.77. The molecule has 0 fully saturated rings. The van der Waals surface area contributed by atoms with Gasteiger partial charge in [-0.15, -0.1) is 0 Å². The summed E-state index contributed by atoms with van der Waals surface area (Å²) in [5.41, 5.74) is -0.949. The molecule has 19 heavy (non-hydrogen) atoms. The molecule has 100 valence electrons. The van der Waals surface area contributed by atoms with Crippen molar-refractivity contribution < 1.29 is 27.6 Å². The van der Waals surface area contributed by atoms with Crippen molar-refractivity contribution in [3.05, 3.63) is 41.1 Å². The molecule has 0 bridgehead atoms. The van der Waals surface area contributed by atoms with Gasteiger partial charge in [0, 0.05) is 11.6 Å². The Balaban J connectivity index is 2.48. The van der Waals surface area contributed by atoms with Gasteiger partial charge in [0.05, 0.1) is 5.56 Å². The number of alkyl halides is 3. The Morgan fingerprint density at radius 1 is 1.32 bits per heavy atom. The van der Waals surface area contributed by atoms with Crippen LogP contribution in [-0.2, 0) is 6.18 Å². The van der Waals surface area contributed by atoms with Crippen LogP contribution >= 0.6 is 0 Å². The van der Waals surface area contributed by atoms with Gasteiger partial charge < -0.3 is 9.63 Å².